The first-order valence-electron chi connectivity index (χ1n) is 6.94. The van der Waals surface area contributed by atoms with Crippen LogP contribution in [-0.2, 0) is 0 Å². The van der Waals surface area contributed by atoms with Crippen LogP contribution in [-0.4, -0.2) is 12.3 Å². The second-order valence-corrected chi connectivity index (χ2v) is 6.29. The Balaban J connectivity index is 1.63. The van der Waals surface area contributed by atoms with Gasteiger partial charge in [0.1, 0.15) is 5.82 Å². The topological polar surface area (TPSA) is 12.0 Å². The average molecular weight is 287 g/mol. The number of thioether (sulfide) groups is 1. The average Bonchev–Trinajstić information content (AvgIpc) is 2.88. The maximum atomic E-state index is 13.2. The molecular formula is C17H18FNS. The first-order chi connectivity index (χ1) is 9.74. The van der Waals surface area contributed by atoms with Crippen molar-refractivity contribution in [1.29, 1.82) is 0 Å². The van der Waals surface area contributed by atoms with Crippen LogP contribution in [0.5, 0.6) is 0 Å². The number of hydrogen-bond donors (Lipinski definition) is 1. The fourth-order valence-electron chi connectivity index (χ4n) is 2.61. The van der Waals surface area contributed by atoms with E-state index >= 15 is 0 Å². The van der Waals surface area contributed by atoms with Crippen LogP contribution in [0.4, 0.5) is 4.39 Å². The zero-order chi connectivity index (χ0) is 13.9. The van der Waals surface area contributed by atoms with E-state index in [2.05, 4.69) is 36.5 Å². The molecule has 1 heterocycles. The number of halogens is 1. The summed E-state index contributed by atoms with van der Waals surface area (Å²) in [5, 5.41) is 3.53. The molecule has 3 heteroatoms. The van der Waals surface area contributed by atoms with E-state index in [1.807, 2.05) is 17.8 Å². The Bertz CT molecular complexity index is 599. The van der Waals surface area contributed by atoms with E-state index in [9.17, 15) is 4.39 Å². The largest absolute Gasteiger partial charge is 0.310 e. The molecule has 0 fully saturated rings. The van der Waals surface area contributed by atoms with E-state index in [1.54, 1.807) is 12.1 Å². The molecule has 0 saturated carbocycles. The van der Waals surface area contributed by atoms with Crippen molar-refractivity contribution < 1.29 is 4.39 Å². The van der Waals surface area contributed by atoms with Gasteiger partial charge in [0.15, 0.2) is 0 Å². The molecule has 2 atom stereocenters. The molecule has 2 aromatic rings. The minimum absolute atomic E-state index is 0.169. The number of hydrogen-bond acceptors (Lipinski definition) is 2. The summed E-state index contributed by atoms with van der Waals surface area (Å²) < 4.78 is 13.2. The maximum absolute atomic E-state index is 13.2. The SMILES string of the molecule is C[C@@H](NCC1CSc2ccccc21)c1cccc(F)c1. The molecule has 0 aromatic heterocycles. The van der Waals surface area contributed by atoms with E-state index < -0.39 is 0 Å². The van der Waals surface area contributed by atoms with Crippen molar-refractivity contribution in [1.82, 2.24) is 5.32 Å². The fourth-order valence-corrected chi connectivity index (χ4v) is 3.87. The van der Waals surface area contributed by atoms with Gasteiger partial charge in [0.25, 0.3) is 0 Å². The van der Waals surface area contributed by atoms with E-state index in [-0.39, 0.29) is 11.9 Å². The van der Waals surface area contributed by atoms with Crippen LogP contribution in [0.25, 0.3) is 0 Å². The molecule has 1 unspecified atom stereocenters. The summed E-state index contributed by atoms with van der Waals surface area (Å²) in [5.41, 5.74) is 2.44. The molecule has 3 rings (SSSR count). The minimum atomic E-state index is -0.169. The van der Waals surface area contributed by atoms with Crippen LogP contribution >= 0.6 is 11.8 Å². The molecule has 0 aliphatic carbocycles. The van der Waals surface area contributed by atoms with Crippen LogP contribution in [0, 0.1) is 5.82 Å². The number of fused-ring (bicyclic) bond motifs is 1. The fraction of sp³-hybridized carbons (Fsp3) is 0.294. The standard InChI is InChI=1S/C17H18FNS/c1-12(13-5-4-6-15(18)9-13)19-10-14-11-20-17-8-3-2-7-16(14)17/h2-9,12,14,19H,10-11H2,1H3/t12-,14?/m1/s1. The third kappa shape index (κ3) is 2.89. The van der Waals surface area contributed by atoms with Crippen LogP contribution in [0.3, 0.4) is 0 Å². The maximum Gasteiger partial charge on any atom is 0.123 e. The second-order valence-electron chi connectivity index (χ2n) is 5.23. The zero-order valence-electron chi connectivity index (χ0n) is 11.5. The van der Waals surface area contributed by atoms with E-state index in [0.29, 0.717) is 5.92 Å². The lowest BCUT2D eigenvalue weighted by atomic mass is 10.0. The highest BCUT2D eigenvalue weighted by atomic mass is 32.2. The molecule has 1 aliphatic heterocycles. The van der Waals surface area contributed by atoms with Crippen LogP contribution < -0.4 is 5.32 Å². The predicted molar refractivity (Wildman–Crippen MR) is 82.7 cm³/mol. The zero-order valence-corrected chi connectivity index (χ0v) is 12.3. The van der Waals surface area contributed by atoms with Gasteiger partial charge in [-0.15, -0.1) is 11.8 Å². The smallest absolute Gasteiger partial charge is 0.123 e. The van der Waals surface area contributed by atoms with Gasteiger partial charge in [0, 0.05) is 29.2 Å². The molecule has 1 nitrogen and oxygen atoms in total. The van der Waals surface area contributed by atoms with E-state index in [4.69, 9.17) is 0 Å². The van der Waals surface area contributed by atoms with Gasteiger partial charge in [-0.1, -0.05) is 30.3 Å². The highest BCUT2D eigenvalue weighted by Gasteiger charge is 2.22. The summed E-state index contributed by atoms with van der Waals surface area (Å²) in [7, 11) is 0. The van der Waals surface area contributed by atoms with Gasteiger partial charge in [-0.25, -0.2) is 4.39 Å². The predicted octanol–water partition coefficient (Wildman–Crippen LogP) is 4.37. The van der Waals surface area contributed by atoms with Gasteiger partial charge in [0.2, 0.25) is 0 Å². The number of rotatable bonds is 4. The van der Waals surface area contributed by atoms with Crippen LogP contribution in [0.15, 0.2) is 53.4 Å². The van der Waals surface area contributed by atoms with Crippen molar-refractivity contribution in [3.63, 3.8) is 0 Å². The second kappa shape index (κ2) is 5.98. The van der Waals surface area contributed by atoms with Crippen molar-refractivity contribution in [2.24, 2.45) is 0 Å². The molecule has 0 radical (unpaired) electrons. The van der Waals surface area contributed by atoms with Gasteiger partial charge in [0.05, 0.1) is 0 Å². The van der Waals surface area contributed by atoms with Crippen molar-refractivity contribution in [2.75, 3.05) is 12.3 Å². The van der Waals surface area contributed by atoms with Gasteiger partial charge >= 0.3 is 0 Å². The first-order valence-corrected chi connectivity index (χ1v) is 7.93. The molecule has 2 aromatic carbocycles. The van der Waals surface area contributed by atoms with E-state index in [1.165, 1.54) is 16.5 Å². The van der Waals surface area contributed by atoms with Crippen molar-refractivity contribution in [3.05, 3.63) is 65.5 Å². The molecule has 0 amide bonds. The molecule has 1 N–H and O–H groups in total. The Kier molecular flexibility index (Phi) is 4.08. The highest BCUT2D eigenvalue weighted by molar-refractivity contribution is 7.99. The third-order valence-corrected chi connectivity index (χ3v) is 5.07. The molecule has 0 saturated heterocycles. The summed E-state index contributed by atoms with van der Waals surface area (Å²) in [5.74, 6) is 1.51. The molecular weight excluding hydrogens is 269 g/mol. The number of benzene rings is 2. The van der Waals surface area contributed by atoms with Crippen molar-refractivity contribution in [2.45, 2.75) is 23.8 Å². The normalized spacial score (nSPS) is 18.8. The number of nitrogens with one attached hydrogen (secondary N) is 1. The monoisotopic (exact) mass is 287 g/mol. The molecule has 20 heavy (non-hydrogen) atoms. The lowest BCUT2D eigenvalue weighted by Crippen LogP contribution is -2.24. The first kappa shape index (κ1) is 13.7. The highest BCUT2D eigenvalue weighted by Crippen LogP contribution is 2.39. The Morgan fingerprint density at radius 3 is 2.95 bits per heavy atom. The quantitative estimate of drug-likeness (QED) is 0.896. The summed E-state index contributed by atoms with van der Waals surface area (Å²) in [6.45, 7) is 3.02. The minimum Gasteiger partial charge on any atom is -0.310 e. The summed E-state index contributed by atoms with van der Waals surface area (Å²) in [4.78, 5) is 1.40. The van der Waals surface area contributed by atoms with Gasteiger partial charge in [-0.05, 0) is 36.2 Å². The summed E-state index contributed by atoms with van der Waals surface area (Å²) in [6.07, 6.45) is 0. The summed E-state index contributed by atoms with van der Waals surface area (Å²) >= 11 is 1.93. The Morgan fingerprint density at radius 2 is 2.10 bits per heavy atom. The van der Waals surface area contributed by atoms with Crippen molar-refractivity contribution in [3.8, 4) is 0 Å². The Morgan fingerprint density at radius 1 is 1.25 bits per heavy atom. The van der Waals surface area contributed by atoms with Gasteiger partial charge in [-0.3, -0.25) is 0 Å². The molecule has 104 valence electrons. The van der Waals surface area contributed by atoms with Gasteiger partial charge < -0.3 is 5.32 Å². The Labute approximate surface area is 123 Å². The molecule has 0 spiro atoms. The summed E-state index contributed by atoms with van der Waals surface area (Å²) in [6, 6.07) is 15.6. The van der Waals surface area contributed by atoms with Crippen molar-refractivity contribution >= 4 is 11.8 Å². The van der Waals surface area contributed by atoms with Gasteiger partial charge in [-0.2, -0.15) is 0 Å². The Hall–Kier alpha value is -1.32. The molecule has 1 aliphatic rings. The lowest BCUT2D eigenvalue weighted by Gasteiger charge is -2.18. The lowest BCUT2D eigenvalue weighted by molar-refractivity contribution is 0.536. The van der Waals surface area contributed by atoms with Crippen LogP contribution in [0.1, 0.15) is 30.0 Å². The molecule has 0 bridgehead atoms. The van der Waals surface area contributed by atoms with Crippen LogP contribution in [0.2, 0.25) is 0 Å². The third-order valence-electron chi connectivity index (χ3n) is 3.82. The van der Waals surface area contributed by atoms with E-state index in [0.717, 1.165) is 17.9 Å².